The van der Waals surface area contributed by atoms with Gasteiger partial charge in [-0.15, -0.1) is 0 Å². The Labute approximate surface area is 168 Å². The van der Waals surface area contributed by atoms with Crippen molar-refractivity contribution >= 4 is 40.5 Å². The summed E-state index contributed by atoms with van der Waals surface area (Å²) in [5.41, 5.74) is 3.54. The molecule has 0 radical (unpaired) electrons. The molecule has 0 aliphatic rings. The summed E-state index contributed by atoms with van der Waals surface area (Å²) in [7, 11) is 0. The molecule has 142 valence electrons. The molecule has 3 aromatic carbocycles. The van der Waals surface area contributed by atoms with Crippen LogP contribution in [0.3, 0.4) is 0 Å². The summed E-state index contributed by atoms with van der Waals surface area (Å²) in [6.45, 7) is 1.99. The summed E-state index contributed by atoms with van der Waals surface area (Å²) < 4.78 is 0. The second kappa shape index (κ2) is 9.06. The first-order chi connectivity index (χ1) is 13.5. The summed E-state index contributed by atoms with van der Waals surface area (Å²) in [5, 5.41) is 9.29. The highest BCUT2D eigenvalue weighted by molar-refractivity contribution is 6.31. The first-order valence-corrected chi connectivity index (χ1v) is 9.15. The van der Waals surface area contributed by atoms with E-state index in [1.54, 1.807) is 42.5 Å². The fourth-order valence-electron chi connectivity index (χ4n) is 2.56. The van der Waals surface area contributed by atoms with Crippen molar-refractivity contribution in [2.45, 2.75) is 6.92 Å². The normalized spacial score (nSPS) is 10.2. The lowest BCUT2D eigenvalue weighted by molar-refractivity contribution is -0.114. The summed E-state index contributed by atoms with van der Waals surface area (Å²) in [5.74, 6) is -0.384. The molecule has 0 aliphatic carbocycles. The number of carbonyl (C=O) groups is 2. The molecule has 0 bridgehead atoms. The first-order valence-electron chi connectivity index (χ1n) is 8.77. The molecule has 0 heterocycles. The van der Waals surface area contributed by atoms with Gasteiger partial charge in [0.1, 0.15) is 0 Å². The summed E-state index contributed by atoms with van der Waals surface area (Å²) in [6, 6.07) is 21.6. The lowest BCUT2D eigenvalue weighted by Crippen LogP contribution is -2.21. The molecule has 3 aromatic rings. The van der Waals surface area contributed by atoms with E-state index >= 15 is 0 Å². The molecule has 6 heteroatoms. The van der Waals surface area contributed by atoms with Crippen molar-refractivity contribution in [3.8, 4) is 0 Å². The van der Waals surface area contributed by atoms with Crippen LogP contribution in [0.2, 0.25) is 5.02 Å². The van der Waals surface area contributed by atoms with Crippen LogP contribution < -0.4 is 16.0 Å². The lowest BCUT2D eigenvalue weighted by Gasteiger charge is -2.11. The molecule has 28 heavy (non-hydrogen) atoms. The molecule has 3 rings (SSSR count). The Kier molecular flexibility index (Phi) is 6.29. The van der Waals surface area contributed by atoms with E-state index in [2.05, 4.69) is 16.0 Å². The van der Waals surface area contributed by atoms with E-state index in [-0.39, 0.29) is 18.4 Å². The number of amides is 2. The lowest BCUT2D eigenvalue weighted by atomic mass is 10.2. The number of hydrogen-bond donors (Lipinski definition) is 3. The van der Waals surface area contributed by atoms with E-state index in [1.807, 2.05) is 37.3 Å². The van der Waals surface area contributed by atoms with Gasteiger partial charge in [0.05, 0.1) is 6.54 Å². The molecule has 0 spiro atoms. The number of benzene rings is 3. The SMILES string of the molecule is Cc1ccc(NC(=O)CNc2cccc(NC(=O)c3ccccc3)c2)cc1Cl. The van der Waals surface area contributed by atoms with Crippen molar-refractivity contribution < 1.29 is 9.59 Å². The van der Waals surface area contributed by atoms with E-state index < -0.39 is 0 Å². The van der Waals surface area contributed by atoms with E-state index in [4.69, 9.17) is 11.6 Å². The van der Waals surface area contributed by atoms with Crippen molar-refractivity contribution in [1.29, 1.82) is 0 Å². The fraction of sp³-hybridized carbons (Fsp3) is 0.0909. The van der Waals surface area contributed by atoms with Crippen LogP contribution in [-0.2, 0) is 4.79 Å². The predicted octanol–water partition coefficient (Wildman–Crippen LogP) is 4.95. The molecule has 0 fully saturated rings. The number of carbonyl (C=O) groups excluding carboxylic acids is 2. The number of anilines is 3. The fourth-order valence-corrected chi connectivity index (χ4v) is 2.74. The first kappa shape index (κ1) is 19.5. The zero-order chi connectivity index (χ0) is 19.9. The van der Waals surface area contributed by atoms with Crippen molar-refractivity contribution in [3.63, 3.8) is 0 Å². The maximum Gasteiger partial charge on any atom is 0.255 e. The van der Waals surface area contributed by atoms with Crippen LogP contribution in [0.4, 0.5) is 17.1 Å². The molecule has 2 amide bonds. The van der Waals surface area contributed by atoms with Gasteiger partial charge in [0.15, 0.2) is 0 Å². The average Bonchev–Trinajstić information content (AvgIpc) is 2.70. The molecule has 0 unspecified atom stereocenters. The van der Waals surface area contributed by atoms with E-state index in [1.165, 1.54) is 0 Å². The molecule has 0 saturated heterocycles. The maximum absolute atomic E-state index is 12.2. The van der Waals surface area contributed by atoms with Crippen LogP contribution in [0.5, 0.6) is 0 Å². The van der Waals surface area contributed by atoms with Gasteiger partial charge in [-0.2, -0.15) is 0 Å². The minimum atomic E-state index is -0.196. The highest BCUT2D eigenvalue weighted by Crippen LogP contribution is 2.20. The van der Waals surface area contributed by atoms with E-state index in [0.717, 1.165) is 11.3 Å². The van der Waals surface area contributed by atoms with Crippen LogP contribution in [0.1, 0.15) is 15.9 Å². The van der Waals surface area contributed by atoms with Gasteiger partial charge in [-0.25, -0.2) is 0 Å². The van der Waals surface area contributed by atoms with E-state index in [9.17, 15) is 9.59 Å². The zero-order valence-electron chi connectivity index (χ0n) is 15.3. The third-order valence-corrected chi connectivity index (χ3v) is 4.47. The average molecular weight is 394 g/mol. The maximum atomic E-state index is 12.2. The highest BCUT2D eigenvalue weighted by Gasteiger charge is 2.07. The smallest absolute Gasteiger partial charge is 0.255 e. The minimum Gasteiger partial charge on any atom is -0.376 e. The van der Waals surface area contributed by atoms with Gasteiger partial charge in [-0.05, 0) is 55.0 Å². The second-order valence-electron chi connectivity index (χ2n) is 6.27. The van der Waals surface area contributed by atoms with Crippen molar-refractivity contribution in [2.75, 3.05) is 22.5 Å². The Morgan fingerprint density at radius 2 is 1.54 bits per heavy atom. The van der Waals surface area contributed by atoms with Gasteiger partial charge in [0.2, 0.25) is 5.91 Å². The molecule has 0 aliphatic heterocycles. The van der Waals surface area contributed by atoms with Gasteiger partial charge in [-0.1, -0.05) is 41.9 Å². The molecule has 0 saturated carbocycles. The minimum absolute atomic E-state index is 0.0849. The Bertz CT molecular complexity index is 990. The summed E-state index contributed by atoms with van der Waals surface area (Å²) >= 11 is 6.07. The van der Waals surface area contributed by atoms with Crippen molar-refractivity contribution in [3.05, 3.63) is 88.9 Å². The largest absolute Gasteiger partial charge is 0.376 e. The van der Waals surface area contributed by atoms with Crippen molar-refractivity contribution in [1.82, 2.24) is 0 Å². The van der Waals surface area contributed by atoms with Gasteiger partial charge in [0.25, 0.3) is 5.91 Å². The third-order valence-electron chi connectivity index (χ3n) is 4.07. The quantitative estimate of drug-likeness (QED) is 0.554. The molecule has 3 N–H and O–H groups in total. The zero-order valence-corrected chi connectivity index (χ0v) is 16.1. The highest BCUT2D eigenvalue weighted by atomic mass is 35.5. The molecule has 0 atom stereocenters. The third kappa shape index (κ3) is 5.34. The second-order valence-corrected chi connectivity index (χ2v) is 6.67. The molecule has 0 aromatic heterocycles. The Balaban J connectivity index is 1.56. The topological polar surface area (TPSA) is 70.2 Å². The molecule has 5 nitrogen and oxygen atoms in total. The Morgan fingerprint density at radius 1 is 0.821 bits per heavy atom. The standard InChI is InChI=1S/C22H20ClN3O2/c1-15-10-11-19(13-20(15)23)25-21(27)14-24-17-8-5-9-18(12-17)26-22(28)16-6-3-2-4-7-16/h2-13,24H,14H2,1H3,(H,25,27)(H,26,28). The van der Waals surface area contributed by atoms with Crippen LogP contribution in [0.15, 0.2) is 72.8 Å². The number of aryl methyl sites for hydroxylation is 1. The van der Waals surface area contributed by atoms with Crippen LogP contribution in [-0.4, -0.2) is 18.4 Å². The van der Waals surface area contributed by atoms with Crippen LogP contribution >= 0.6 is 11.6 Å². The Hall–Kier alpha value is -3.31. The number of nitrogens with one attached hydrogen (secondary N) is 3. The monoisotopic (exact) mass is 393 g/mol. The van der Waals surface area contributed by atoms with Gasteiger partial charge >= 0.3 is 0 Å². The van der Waals surface area contributed by atoms with E-state index in [0.29, 0.717) is 22.0 Å². The summed E-state index contributed by atoms with van der Waals surface area (Å²) in [6.07, 6.45) is 0. The van der Waals surface area contributed by atoms with Gasteiger partial charge in [0, 0.05) is 27.6 Å². The summed E-state index contributed by atoms with van der Waals surface area (Å²) in [4.78, 5) is 24.4. The molecular formula is C22H20ClN3O2. The number of hydrogen-bond acceptors (Lipinski definition) is 3. The van der Waals surface area contributed by atoms with Crippen LogP contribution in [0.25, 0.3) is 0 Å². The van der Waals surface area contributed by atoms with Crippen molar-refractivity contribution in [2.24, 2.45) is 0 Å². The Morgan fingerprint density at radius 3 is 2.29 bits per heavy atom. The van der Waals surface area contributed by atoms with Crippen LogP contribution in [0, 0.1) is 6.92 Å². The predicted molar refractivity (Wildman–Crippen MR) is 114 cm³/mol. The number of rotatable bonds is 6. The van der Waals surface area contributed by atoms with Gasteiger partial charge < -0.3 is 16.0 Å². The van der Waals surface area contributed by atoms with Gasteiger partial charge in [-0.3, -0.25) is 9.59 Å². The molecular weight excluding hydrogens is 374 g/mol. The number of halogens is 1.